The average molecular weight is 309 g/mol. The highest BCUT2D eigenvalue weighted by Crippen LogP contribution is 2.24. The Balaban J connectivity index is 1.97. The van der Waals surface area contributed by atoms with Gasteiger partial charge in [0.1, 0.15) is 0 Å². The Morgan fingerprint density at radius 3 is 2.32 bits per heavy atom. The molecular weight excluding hydrogens is 295 g/mol. The minimum absolute atomic E-state index is 0.417. The molecule has 1 atom stereocenters. The van der Waals surface area contributed by atoms with Crippen molar-refractivity contribution in [3.8, 4) is 0 Å². The van der Waals surface area contributed by atoms with Crippen LogP contribution in [0.5, 0.6) is 0 Å². The van der Waals surface area contributed by atoms with Gasteiger partial charge in [-0.05, 0) is 23.5 Å². The maximum atomic E-state index is 3.50. The fourth-order valence-corrected chi connectivity index (χ4v) is 2.87. The van der Waals surface area contributed by atoms with Crippen LogP contribution in [0, 0.1) is 0 Å². The summed E-state index contributed by atoms with van der Waals surface area (Å²) in [4.78, 5) is 0. The first-order chi connectivity index (χ1) is 9.34. The summed E-state index contributed by atoms with van der Waals surface area (Å²) in [6, 6.07) is 19.3. The molecule has 3 rings (SSSR count). The summed E-state index contributed by atoms with van der Waals surface area (Å²) in [5, 5.41) is 0. The van der Waals surface area contributed by atoms with Crippen molar-refractivity contribution < 1.29 is 0 Å². The van der Waals surface area contributed by atoms with Gasteiger partial charge in [0.25, 0.3) is 0 Å². The Kier molecular flexibility index (Phi) is 3.70. The summed E-state index contributed by atoms with van der Waals surface area (Å²) >= 11 is 3.50. The zero-order chi connectivity index (χ0) is 13.1. The van der Waals surface area contributed by atoms with Crippen molar-refractivity contribution in [3.05, 3.63) is 88.8 Å². The van der Waals surface area contributed by atoms with Gasteiger partial charge in [-0.1, -0.05) is 82.1 Å². The Bertz CT molecular complexity index is 599. The molecule has 2 aromatic rings. The Hall–Kier alpha value is -1.54. The number of halogens is 1. The predicted octanol–water partition coefficient (Wildman–Crippen LogP) is 4.14. The van der Waals surface area contributed by atoms with E-state index in [1.807, 2.05) is 0 Å². The fourth-order valence-electron chi connectivity index (χ4n) is 2.60. The molecule has 92 valence electrons. The van der Waals surface area contributed by atoms with Crippen molar-refractivity contribution in [2.75, 3.05) is 0 Å². The van der Waals surface area contributed by atoms with Crippen LogP contribution in [-0.2, 0) is 0 Å². The maximum Gasteiger partial charge on any atom is 0.212 e. The van der Waals surface area contributed by atoms with Gasteiger partial charge >= 0.3 is 0 Å². The van der Waals surface area contributed by atoms with Crippen LogP contribution in [0.4, 0.5) is 0 Å². The third-order valence-electron chi connectivity index (χ3n) is 3.57. The van der Waals surface area contributed by atoms with Gasteiger partial charge in [0, 0.05) is 4.47 Å². The molecule has 0 bridgehead atoms. The fraction of sp³-hybridized carbons (Fsp3) is 0.0588. The molecule has 0 radical (unpaired) electrons. The van der Waals surface area contributed by atoms with Crippen LogP contribution >= 0.6 is 15.9 Å². The molecule has 1 unspecified atom stereocenters. The van der Waals surface area contributed by atoms with E-state index in [2.05, 4.69) is 94.7 Å². The Morgan fingerprint density at radius 1 is 0.842 bits per heavy atom. The lowest BCUT2D eigenvalue weighted by molar-refractivity contribution is 1.17. The molecule has 1 aliphatic rings. The van der Waals surface area contributed by atoms with Crippen LogP contribution in [0.15, 0.2) is 83.3 Å². The number of rotatable bonds is 2. The summed E-state index contributed by atoms with van der Waals surface area (Å²) in [5.74, 6) is 2.72. The second-order valence-electron chi connectivity index (χ2n) is 4.78. The molecule has 0 nitrogen and oxygen atoms in total. The highest BCUT2D eigenvalue weighted by atomic mass is 79.9. The highest BCUT2D eigenvalue weighted by molar-refractivity contribution is 9.10. The first kappa shape index (κ1) is 12.5. The lowest BCUT2D eigenvalue weighted by atomic mass is 9.35. The van der Waals surface area contributed by atoms with Gasteiger partial charge in [0.05, 0.1) is 0 Å². The van der Waals surface area contributed by atoms with Gasteiger partial charge in [-0.15, -0.1) is 5.98 Å². The quantitative estimate of drug-likeness (QED) is 0.732. The summed E-state index contributed by atoms with van der Waals surface area (Å²) in [6.07, 6.45) is 6.58. The molecule has 0 spiro atoms. The lowest BCUT2D eigenvalue weighted by Crippen LogP contribution is -2.35. The number of benzene rings is 2. The SMILES string of the molecule is Brc1ccc(B2C=CC=CC2c2ccccc2)cc1. The van der Waals surface area contributed by atoms with Gasteiger partial charge in [0.2, 0.25) is 6.71 Å². The number of allylic oxidation sites excluding steroid dienone is 3. The summed E-state index contributed by atoms with van der Waals surface area (Å²) in [6.45, 7) is 0.417. The smallest absolute Gasteiger partial charge is 0.109 e. The number of hydrogen-bond acceptors (Lipinski definition) is 0. The third kappa shape index (κ3) is 2.74. The first-order valence-electron chi connectivity index (χ1n) is 6.50. The minimum Gasteiger partial charge on any atom is -0.109 e. The maximum absolute atomic E-state index is 3.50. The van der Waals surface area contributed by atoms with Crippen molar-refractivity contribution in [3.63, 3.8) is 0 Å². The van der Waals surface area contributed by atoms with Gasteiger partial charge in [-0.3, -0.25) is 0 Å². The minimum atomic E-state index is 0.417. The highest BCUT2D eigenvalue weighted by Gasteiger charge is 2.25. The Labute approximate surface area is 123 Å². The third-order valence-corrected chi connectivity index (χ3v) is 4.10. The van der Waals surface area contributed by atoms with Crippen LogP contribution < -0.4 is 5.46 Å². The second-order valence-corrected chi connectivity index (χ2v) is 5.70. The molecule has 0 fully saturated rings. The van der Waals surface area contributed by atoms with E-state index in [1.54, 1.807) is 0 Å². The normalized spacial score (nSPS) is 17.7. The average Bonchev–Trinajstić information content (AvgIpc) is 2.49. The molecule has 0 aromatic heterocycles. The van der Waals surface area contributed by atoms with Gasteiger partial charge in [-0.25, -0.2) is 0 Å². The summed E-state index contributed by atoms with van der Waals surface area (Å²) in [5.41, 5.74) is 2.73. The van der Waals surface area contributed by atoms with E-state index in [0.717, 1.165) is 4.47 Å². The van der Waals surface area contributed by atoms with E-state index < -0.39 is 0 Å². The van der Waals surface area contributed by atoms with Crippen molar-refractivity contribution in [1.82, 2.24) is 0 Å². The van der Waals surface area contributed by atoms with E-state index in [1.165, 1.54) is 11.0 Å². The molecule has 1 heterocycles. The lowest BCUT2D eigenvalue weighted by Gasteiger charge is -2.22. The van der Waals surface area contributed by atoms with Gasteiger partial charge in [-0.2, -0.15) is 0 Å². The predicted molar refractivity (Wildman–Crippen MR) is 87.0 cm³/mol. The van der Waals surface area contributed by atoms with Crippen molar-refractivity contribution in [2.24, 2.45) is 0 Å². The van der Waals surface area contributed by atoms with E-state index in [9.17, 15) is 0 Å². The topological polar surface area (TPSA) is 0 Å². The van der Waals surface area contributed by atoms with Gasteiger partial charge in [0.15, 0.2) is 0 Å². The first-order valence-corrected chi connectivity index (χ1v) is 7.29. The molecule has 0 amide bonds. The van der Waals surface area contributed by atoms with Crippen LogP contribution in [0.2, 0.25) is 0 Å². The number of hydrogen-bond donors (Lipinski definition) is 0. The monoisotopic (exact) mass is 308 g/mol. The molecule has 2 heteroatoms. The molecule has 19 heavy (non-hydrogen) atoms. The zero-order valence-electron chi connectivity index (χ0n) is 10.5. The van der Waals surface area contributed by atoms with Crippen molar-refractivity contribution in [2.45, 2.75) is 5.82 Å². The van der Waals surface area contributed by atoms with E-state index in [4.69, 9.17) is 0 Å². The van der Waals surface area contributed by atoms with Crippen molar-refractivity contribution in [1.29, 1.82) is 0 Å². The summed E-state index contributed by atoms with van der Waals surface area (Å²) in [7, 11) is 0. The van der Waals surface area contributed by atoms with E-state index in [0.29, 0.717) is 12.5 Å². The van der Waals surface area contributed by atoms with Crippen LogP contribution in [0.1, 0.15) is 11.4 Å². The van der Waals surface area contributed by atoms with E-state index >= 15 is 0 Å². The zero-order valence-corrected chi connectivity index (χ0v) is 12.1. The van der Waals surface area contributed by atoms with Crippen LogP contribution in [0.25, 0.3) is 0 Å². The van der Waals surface area contributed by atoms with E-state index in [-0.39, 0.29) is 0 Å². The Morgan fingerprint density at radius 2 is 1.58 bits per heavy atom. The largest absolute Gasteiger partial charge is 0.212 e. The summed E-state index contributed by atoms with van der Waals surface area (Å²) < 4.78 is 1.13. The molecule has 1 aliphatic heterocycles. The molecule has 0 aliphatic carbocycles. The second kappa shape index (κ2) is 5.62. The van der Waals surface area contributed by atoms with Crippen LogP contribution in [-0.4, -0.2) is 6.71 Å². The van der Waals surface area contributed by atoms with Gasteiger partial charge < -0.3 is 0 Å². The van der Waals surface area contributed by atoms with Crippen LogP contribution in [0.3, 0.4) is 0 Å². The molecule has 0 saturated heterocycles. The molecular formula is C17H14BBr. The molecule has 0 N–H and O–H groups in total. The van der Waals surface area contributed by atoms with Crippen molar-refractivity contribution >= 4 is 28.1 Å². The molecule has 2 aromatic carbocycles. The standard InChI is InChI=1S/C17H14BBr/c19-16-11-9-15(10-12-16)18-13-5-4-8-17(18)14-6-2-1-3-7-14/h1-13,17H. The molecule has 0 saturated carbocycles.